The normalized spacial score (nSPS) is 13.7. The Morgan fingerprint density at radius 3 is 2.67 bits per heavy atom. The van der Waals surface area contributed by atoms with E-state index >= 15 is 0 Å². The lowest BCUT2D eigenvalue weighted by Gasteiger charge is -2.28. The van der Waals surface area contributed by atoms with Gasteiger partial charge in [0.25, 0.3) is 0 Å². The molecule has 4 nitrogen and oxygen atoms in total. The van der Waals surface area contributed by atoms with Gasteiger partial charge in [0.1, 0.15) is 5.82 Å². The van der Waals surface area contributed by atoms with E-state index in [-0.39, 0.29) is 0 Å². The van der Waals surface area contributed by atoms with E-state index in [0.717, 1.165) is 18.9 Å². The Labute approximate surface area is 92.1 Å². The van der Waals surface area contributed by atoms with Gasteiger partial charge in [-0.2, -0.15) is 0 Å². The van der Waals surface area contributed by atoms with E-state index < -0.39 is 0 Å². The summed E-state index contributed by atoms with van der Waals surface area (Å²) in [6.45, 7) is 6.30. The van der Waals surface area contributed by atoms with E-state index in [2.05, 4.69) is 48.1 Å². The van der Waals surface area contributed by atoms with Gasteiger partial charge in [-0.3, -0.25) is 0 Å². The fourth-order valence-electron chi connectivity index (χ4n) is 1.75. The summed E-state index contributed by atoms with van der Waals surface area (Å²) in [5, 5.41) is 3.42. The molecule has 15 heavy (non-hydrogen) atoms. The second kappa shape index (κ2) is 5.88. The van der Waals surface area contributed by atoms with Gasteiger partial charge in [0.05, 0.1) is 6.54 Å². The highest BCUT2D eigenvalue weighted by atomic mass is 15.1. The second-order valence-corrected chi connectivity index (χ2v) is 4.44. The number of nitrogens with one attached hydrogen (secondary N) is 2. The molecule has 1 heterocycles. The number of likely N-dealkylation sites (N-methyl/N-ethyl adjacent to an activating group) is 1. The Morgan fingerprint density at radius 2 is 2.20 bits per heavy atom. The number of hydrogen-bond acceptors (Lipinski definition) is 3. The van der Waals surface area contributed by atoms with Gasteiger partial charge >= 0.3 is 0 Å². The van der Waals surface area contributed by atoms with Crippen LogP contribution in [-0.4, -0.2) is 41.5 Å². The minimum atomic E-state index is 0.569. The second-order valence-electron chi connectivity index (χ2n) is 4.44. The molecule has 4 heteroatoms. The summed E-state index contributed by atoms with van der Waals surface area (Å²) < 4.78 is 0. The van der Waals surface area contributed by atoms with Crippen molar-refractivity contribution >= 4 is 0 Å². The maximum Gasteiger partial charge on any atom is 0.120 e. The molecule has 0 aromatic carbocycles. The molecule has 0 radical (unpaired) electrons. The van der Waals surface area contributed by atoms with Crippen LogP contribution in [0.15, 0.2) is 12.4 Å². The van der Waals surface area contributed by atoms with Crippen LogP contribution in [0, 0.1) is 5.92 Å². The van der Waals surface area contributed by atoms with E-state index in [9.17, 15) is 0 Å². The number of hydrogen-bond donors (Lipinski definition) is 2. The zero-order valence-corrected chi connectivity index (χ0v) is 10.1. The molecule has 1 aromatic heterocycles. The lowest BCUT2D eigenvalue weighted by Crippen LogP contribution is -2.41. The van der Waals surface area contributed by atoms with Crippen molar-refractivity contribution in [2.45, 2.75) is 26.4 Å². The number of imidazole rings is 1. The first-order chi connectivity index (χ1) is 7.11. The van der Waals surface area contributed by atoms with Crippen molar-refractivity contribution in [2.24, 2.45) is 5.92 Å². The largest absolute Gasteiger partial charge is 0.348 e. The molecule has 0 saturated heterocycles. The summed E-state index contributed by atoms with van der Waals surface area (Å²) in [6.07, 6.45) is 3.63. The number of nitrogens with zero attached hydrogens (tertiary/aromatic N) is 2. The van der Waals surface area contributed by atoms with Crippen molar-refractivity contribution in [1.29, 1.82) is 0 Å². The van der Waals surface area contributed by atoms with E-state index in [1.807, 2.05) is 6.20 Å². The summed E-state index contributed by atoms with van der Waals surface area (Å²) in [5.41, 5.74) is 0. The van der Waals surface area contributed by atoms with Crippen LogP contribution in [0.25, 0.3) is 0 Å². The Hall–Kier alpha value is -0.870. The molecule has 0 bridgehead atoms. The molecule has 86 valence electrons. The standard InChI is InChI=1S/C11H22N4/c1-9(2)10(15(3)4)7-12-8-11-13-5-6-14-11/h5-6,9-10,12H,7-8H2,1-4H3,(H,13,14). The van der Waals surface area contributed by atoms with Gasteiger partial charge in [-0.25, -0.2) is 4.98 Å². The van der Waals surface area contributed by atoms with E-state index in [1.165, 1.54) is 0 Å². The van der Waals surface area contributed by atoms with Gasteiger partial charge in [0, 0.05) is 25.0 Å². The maximum atomic E-state index is 4.17. The molecular weight excluding hydrogens is 188 g/mol. The molecule has 0 aliphatic carbocycles. The van der Waals surface area contributed by atoms with Crippen molar-refractivity contribution in [1.82, 2.24) is 20.2 Å². The molecule has 1 unspecified atom stereocenters. The van der Waals surface area contributed by atoms with Gasteiger partial charge in [-0.15, -0.1) is 0 Å². The Kier molecular flexibility index (Phi) is 4.78. The fourth-order valence-corrected chi connectivity index (χ4v) is 1.75. The van der Waals surface area contributed by atoms with Crippen LogP contribution in [0.5, 0.6) is 0 Å². The minimum Gasteiger partial charge on any atom is -0.348 e. The third kappa shape index (κ3) is 4.01. The summed E-state index contributed by atoms with van der Waals surface area (Å²) in [4.78, 5) is 9.52. The van der Waals surface area contributed by atoms with Crippen LogP contribution in [0.1, 0.15) is 19.7 Å². The lowest BCUT2D eigenvalue weighted by molar-refractivity contribution is 0.224. The van der Waals surface area contributed by atoms with Crippen LogP contribution in [-0.2, 0) is 6.54 Å². The van der Waals surface area contributed by atoms with Crippen LogP contribution in [0.4, 0.5) is 0 Å². The summed E-state index contributed by atoms with van der Waals surface area (Å²) in [6, 6.07) is 0.569. The van der Waals surface area contributed by atoms with E-state index in [1.54, 1.807) is 6.20 Å². The van der Waals surface area contributed by atoms with Gasteiger partial charge in [0.2, 0.25) is 0 Å². The zero-order valence-electron chi connectivity index (χ0n) is 10.1. The summed E-state index contributed by atoms with van der Waals surface area (Å²) in [5.74, 6) is 1.65. The average molecular weight is 210 g/mol. The quantitative estimate of drug-likeness (QED) is 0.738. The molecule has 0 fully saturated rings. The molecule has 0 saturated carbocycles. The average Bonchev–Trinajstić information content (AvgIpc) is 2.63. The number of aromatic amines is 1. The number of rotatable bonds is 6. The third-order valence-electron chi connectivity index (χ3n) is 2.63. The van der Waals surface area contributed by atoms with E-state index in [4.69, 9.17) is 0 Å². The Balaban J connectivity index is 2.28. The van der Waals surface area contributed by atoms with Crippen molar-refractivity contribution in [3.63, 3.8) is 0 Å². The van der Waals surface area contributed by atoms with Gasteiger partial charge in [-0.1, -0.05) is 13.8 Å². The van der Waals surface area contributed by atoms with Crippen LogP contribution < -0.4 is 5.32 Å². The first-order valence-electron chi connectivity index (χ1n) is 5.46. The lowest BCUT2D eigenvalue weighted by atomic mass is 10.0. The predicted molar refractivity (Wildman–Crippen MR) is 62.6 cm³/mol. The highest BCUT2D eigenvalue weighted by molar-refractivity contribution is 4.86. The predicted octanol–water partition coefficient (Wildman–Crippen LogP) is 1.09. The van der Waals surface area contributed by atoms with Crippen LogP contribution in [0.2, 0.25) is 0 Å². The van der Waals surface area contributed by atoms with Crippen LogP contribution in [0.3, 0.4) is 0 Å². The molecule has 1 atom stereocenters. The van der Waals surface area contributed by atoms with Crippen molar-refractivity contribution in [3.8, 4) is 0 Å². The van der Waals surface area contributed by atoms with Crippen molar-refractivity contribution < 1.29 is 0 Å². The molecule has 0 aliphatic rings. The van der Waals surface area contributed by atoms with Crippen molar-refractivity contribution in [2.75, 3.05) is 20.6 Å². The fraction of sp³-hybridized carbons (Fsp3) is 0.727. The topological polar surface area (TPSA) is 44.0 Å². The highest BCUT2D eigenvalue weighted by Crippen LogP contribution is 2.05. The molecule has 0 aliphatic heterocycles. The van der Waals surface area contributed by atoms with Gasteiger partial charge in [-0.05, 0) is 20.0 Å². The Bertz CT molecular complexity index is 246. The summed E-state index contributed by atoms with van der Waals surface area (Å²) >= 11 is 0. The molecule has 2 N–H and O–H groups in total. The van der Waals surface area contributed by atoms with Crippen LogP contribution >= 0.6 is 0 Å². The van der Waals surface area contributed by atoms with E-state index in [0.29, 0.717) is 12.0 Å². The molecular formula is C11H22N4. The number of H-pyrrole nitrogens is 1. The Morgan fingerprint density at radius 1 is 1.47 bits per heavy atom. The molecule has 0 amide bonds. The first-order valence-corrected chi connectivity index (χ1v) is 5.46. The van der Waals surface area contributed by atoms with Gasteiger partial charge < -0.3 is 15.2 Å². The molecule has 1 aromatic rings. The van der Waals surface area contributed by atoms with Crippen molar-refractivity contribution in [3.05, 3.63) is 18.2 Å². The summed E-state index contributed by atoms with van der Waals surface area (Å²) in [7, 11) is 4.25. The van der Waals surface area contributed by atoms with Gasteiger partial charge in [0.15, 0.2) is 0 Å². The monoisotopic (exact) mass is 210 g/mol. The molecule has 0 spiro atoms. The smallest absolute Gasteiger partial charge is 0.120 e. The maximum absolute atomic E-state index is 4.17. The third-order valence-corrected chi connectivity index (χ3v) is 2.63. The minimum absolute atomic E-state index is 0.569. The SMILES string of the molecule is CC(C)C(CNCc1ncc[nH]1)N(C)C. The molecule has 1 rings (SSSR count). The zero-order chi connectivity index (χ0) is 11.3. The first kappa shape index (κ1) is 12.2. The number of aromatic nitrogens is 2. The highest BCUT2D eigenvalue weighted by Gasteiger charge is 2.14.